The lowest BCUT2D eigenvalue weighted by Gasteiger charge is -2.30. The van der Waals surface area contributed by atoms with Gasteiger partial charge < -0.3 is 5.11 Å². The molecule has 0 unspecified atom stereocenters. The molecule has 4 aromatic rings. The van der Waals surface area contributed by atoms with Gasteiger partial charge in [-0.1, -0.05) is 63.7 Å². The summed E-state index contributed by atoms with van der Waals surface area (Å²) in [6.45, 7) is 0. The number of halogens is 2. The van der Waals surface area contributed by atoms with Crippen LogP contribution in [0.15, 0.2) is 85.0 Å². The van der Waals surface area contributed by atoms with Crippen molar-refractivity contribution in [3.63, 3.8) is 0 Å². The number of rotatable bonds is 3. The molecular formula is C27H17Br2N3O4S. The van der Waals surface area contributed by atoms with Gasteiger partial charge in [-0.3, -0.25) is 19.5 Å². The molecule has 0 fully saturated rings. The number of nitrogens with zero attached hydrogens (tertiary/aromatic N) is 3. The molecule has 3 aromatic carbocycles. The predicted molar refractivity (Wildman–Crippen MR) is 149 cm³/mol. The number of hydrogen-bond acceptors (Lipinski definition) is 6. The van der Waals surface area contributed by atoms with Crippen molar-refractivity contribution in [2.45, 2.75) is 18.9 Å². The van der Waals surface area contributed by atoms with Crippen molar-refractivity contribution in [3.8, 4) is 5.75 Å². The Morgan fingerprint density at radius 1 is 1.11 bits per heavy atom. The monoisotopic (exact) mass is 637 g/mol. The summed E-state index contributed by atoms with van der Waals surface area (Å²) >= 11 is 8.01. The summed E-state index contributed by atoms with van der Waals surface area (Å²) in [6.07, 6.45) is 3.13. The second-order valence-electron chi connectivity index (χ2n) is 8.79. The highest BCUT2D eigenvalue weighted by atomic mass is 79.9. The van der Waals surface area contributed by atoms with E-state index < -0.39 is 11.0 Å². The number of benzene rings is 3. The molecule has 1 atom stereocenters. The highest BCUT2D eigenvalue weighted by Crippen LogP contribution is 2.41. The number of hydrogen-bond donors (Lipinski definition) is 1. The number of phenolic OH excluding ortho intramolecular Hbond substituents is 1. The Bertz CT molecular complexity index is 1840. The Morgan fingerprint density at radius 3 is 2.73 bits per heavy atom. The fraction of sp³-hybridized carbons (Fsp3) is 0.111. The van der Waals surface area contributed by atoms with E-state index in [1.807, 2.05) is 24.3 Å². The zero-order chi connectivity index (χ0) is 25.8. The molecule has 37 heavy (non-hydrogen) atoms. The summed E-state index contributed by atoms with van der Waals surface area (Å²) in [5, 5.41) is 22.1. The lowest BCUT2D eigenvalue weighted by Crippen LogP contribution is -2.38. The van der Waals surface area contributed by atoms with Crippen LogP contribution in [0.2, 0.25) is 0 Å². The molecule has 1 N–H and O–H groups in total. The minimum absolute atomic E-state index is 0.0255. The average Bonchev–Trinajstić information content (AvgIpc) is 3.20. The van der Waals surface area contributed by atoms with E-state index in [0.717, 1.165) is 27.7 Å². The fourth-order valence-electron chi connectivity index (χ4n) is 4.97. The number of aromatic nitrogens is 1. The summed E-state index contributed by atoms with van der Waals surface area (Å²) in [7, 11) is 0. The summed E-state index contributed by atoms with van der Waals surface area (Å²) in [6, 6.07) is 17.5. The van der Waals surface area contributed by atoms with Crippen LogP contribution in [0.5, 0.6) is 5.75 Å². The van der Waals surface area contributed by atoms with E-state index in [4.69, 9.17) is 4.99 Å². The molecule has 2 aliphatic rings. The summed E-state index contributed by atoms with van der Waals surface area (Å²) in [5.74, 6) is 0.0255. The Morgan fingerprint density at radius 2 is 1.92 bits per heavy atom. The molecular weight excluding hydrogens is 622 g/mol. The van der Waals surface area contributed by atoms with Crippen LogP contribution in [0.3, 0.4) is 0 Å². The maximum atomic E-state index is 13.8. The number of thiazole rings is 1. The molecule has 0 saturated carbocycles. The van der Waals surface area contributed by atoms with Gasteiger partial charge in [0.1, 0.15) is 5.75 Å². The predicted octanol–water partition coefficient (Wildman–Crippen LogP) is 5.46. The minimum Gasteiger partial charge on any atom is -0.506 e. The van der Waals surface area contributed by atoms with Gasteiger partial charge in [-0.05, 0) is 63.7 Å². The Labute approximate surface area is 231 Å². The molecule has 10 heteroatoms. The number of nitro benzene ring substituents is 1. The number of aryl methyl sites for hydroxylation is 1. The number of aromatic hydroxyl groups is 1. The van der Waals surface area contributed by atoms with E-state index in [1.165, 1.54) is 29.0 Å². The molecule has 7 nitrogen and oxygen atoms in total. The molecule has 1 aliphatic carbocycles. The van der Waals surface area contributed by atoms with Crippen LogP contribution in [0.25, 0.3) is 11.8 Å². The van der Waals surface area contributed by atoms with Gasteiger partial charge in [-0.2, -0.15) is 0 Å². The highest BCUT2D eigenvalue weighted by molar-refractivity contribution is 9.11. The van der Waals surface area contributed by atoms with E-state index in [1.54, 1.807) is 28.8 Å². The molecule has 0 amide bonds. The van der Waals surface area contributed by atoms with Crippen molar-refractivity contribution < 1.29 is 10.0 Å². The molecule has 0 spiro atoms. The average molecular weight is 639 g/mol. The second kappa shape index (κ2) is 9.20. The highest BCUT2D eigenvalue weighted by Gasteiger charge is 2.33. The van der Waals surface area contributed by atoms with E-state index in [9.17, 15) is 20.0 Å². The third-order valence-electron chi connectivity index (χ3n) is 6.61. The molecule has 6 rings (SSSR count). The number of non-ortho nitro benzene ring substituents is 1. The largest absolute Gasteiger partial charge is 0.506 e. The van der Waals surface area contributed by atoms with Gasteiger partial charge in [0.2, 0.25) is 0 Å². The van der Waals surface area contributed by atoms with Gasteiger partial charge in [0.25, 0.3) is 11.2 Å². The summed E-state index contributed by atoms with van der Waals surface area (Å²) in [4.78, 5) is 30.4. The SMILES string of the molecule is O=c1/c(=C/c2cc(Br)cc(Br)c2O)sc2n1[C@H](c1cccc([N+](=O)[O-])c1)C1=C(N=2)c2ccccc2CC1. The molecule has 2 heterocycles. The first-order valence-electron chi connectivity index (χ1n) is 11.4. The van der Waals surface area contributed by atoms with Crippen molar-refractivity contribution in [1.82, 2.24) is 4.57 Å². The maximum absolute atomic E-state index is 13.8. The van der Waals surface area contributed by atoms with Gasteiger partial charge in [-0.25, -0.2) is 4.99 Å². The van der Waals surface area contributed by atoms with Crippen molar-refractivity contribution in [1.29, 1.82) is 0 Å². The lowest BCUT2D eigenvalue weighted by atomic mass is 9.83. The van der Waals surface area contributed by atoms with Gasteiger partial charge in [-0.15, -0.1) is 0 Å². The quantitative estimate of drug-likeness (QED) is 0.238. The number of allylic oxidation sites excluding steroid dienone is 1. The number of nitro groups is 1. The van der Waals surface area contributed by atoms with Crippen molar-refractivity contribution in [2.75, 3.05) is 0 Å². The van der Waals surface area contributed by atoms with Crippen molar-refractivity contribution >= 4 is 60.7 Å². The van der Waals surface area contributed by atoms with Crippen LogP contribution in [0.1, 0.15) is 34.7 Å². The van der Waals surface area contributed by atoms with Crippen LogP contribution in [0.4, 0.5) is 5.69 Å². The Hall–Kier alpha value is -3.34. The van der Waals surface area contributed by atoms with Crippen LogP contribution in [-0.4, -0.2) is 14.6 Å². The van der Waals surface area contributed by atoms with Gasteiger partial charge >= 0.3 is 0 Å². The van der Waals surface area contributed by atoms with E-state index in [0.29, 0.717) is 31.4 Å². The molecule has 1 aromatic heterocycles. The van der Waals surface area contributed by atoms with Crippen LogP contribution < -0.4 is 14.9 Å². The van der Waals surface area contributed by atoms with Gasteiger partial charge in [0.15, 0.2) is 4.80 Å². The normalized spacial score (nSPS) is 16.6. The topological polar surface area (TPSA) is 97.7 Å². The Balaban J connectivity index is 1.64. The summed E-state index contributed by atoms with van der Waals surface area (Å²) < 4.78 is 3.29. The van der Waals surface area contributed by atoms with E-state index >= 15 is 0 Å². The zero-order valence-electron chi connectivity index (χ0n) is 19.0. The van der Waals surface area contributed by atoms with Gasteiger partial charge in [0.05, 0.1) is 25.7 Å². The zero-order valence-corrected chi connectivity index (χ0v) is 23.0. The molecule has 0 radical (unpaired) electrons. The molecule has 0 bridgehead atoms. The lowest BCUT2D eigenvalue weighted by molar-refractivity contribution is -0.384. The molecule has 0 saturated heterocycles. The first kappa shape index (κ1) is 24.0. The first-order valence-corrected chi connectivity index (χ1v) is 13.8. The maximum Gasteiger partial charge on any atom is 0.271 e. The van der Waals surface area contributed by atoms with E-state index in [-0.39, 0.29) is 17.0 Å². The number of fused-ring (bicyclic) bond motifs is 3. The molecule has 184 valence electrons. The third kappa shape index (κ3) is 4.09. The summed E-state index contributed by atoms with van der Waals surface area (Å²) in [5.41, 5.74) is 4.84. The Kier molecular flexibility index (Phi) is 5.97. The fourth-order valence-corrected chi connectivity index (χ4v) is 7.22. The first-order chi connectivity index (χ1) is 17.8. The van der Waals surface area contributed by atoms with Gasteiger partial charge in [0, 0.05) is 27.7 Å². The second-order valence-corrected chi connectivity index (χ2v) is 11.6. The minimum atomic E-state index is -0.524. The van der Waals surface area contributed by atoms with Crippen LogP contribution >= 0.6 is 43.2 Å². The van der Waals surface area contributed by atoms with Crippen molar-refractivity contribution in [3.05, 3.63) is 127 Å². The standard InChI is InChI=1S/C27H17Br2N3O4S/c28-17-10-16(25(33)21(29)13-17)12-22-26(34)31-24(15-5-3-6-18(11-15)32(35)36)20-9-8-14-4-1-2-7-19(14)23(20)30-27(31)37-22/h1-7,10-13,24,33H,8-9H2/b22-12-/t24-/m1/s1. The van der Waals surface area contributed by atoms with E-state index in [2.05, 4.69) is 37.9 Å². The van der Waals surface area contributed by atoms with Crippen LogP contribution in [0, 0.1) is 10.1 Å². The third-order valence-corrected chi connectivity index (χ3v) is 8.66. The van der Waals surface area contributed by atoms with Crippen molar-refractivity contribution in [2.24, 2.45) is 4.99 Å². The number of phenols is 1. The molecule has 1 aliphatic heterocycles. The van der Waals surface area contributed by atoms with Crippen LogP contribution in [-0.2, 0) is 6.42 Å². The smallest absolute Gasteiger partial charge is 0.271 e.